The van der Waals surface area contributed by atoms with Gasteiger partial charge in [0.2, 0.25) is 0 Å². The van der Waals surface area contributed by atoms with Crippen LogP contribution in [0.1, 0.15) is 0 Å². The van der Waals surface area contributed by atoms with Crippen molar-refractivity contribution in [1.82, 2.24) is 0 Å². The van der Waals surface area contributed by atoms with Gasteiger partial charge >= 0.3 is 8.56 Å². The second-order valence-electron chi connectivity index (χ2n) is 1.96. The van der Waals surface area contributed by atoms with Gasteiger partial charge in [-0.3, -0.25) is 0 Å². The van der Waals surface area contributed by atoms with Gasteiger partial charge < -0.3 is 8.85 Å². The Morgan fingerprint density at radius 2 is 1.80 bits per heavy atom. The third-order valence-corrected chi connectivity index (χ3v) is 4.36. The predicted octanol–water partition coefficient (Wildman–Crippen LogP) is 1.77. The van der Waals surface area contributed by atoms with Crippen molar-refractivity contribution >= 4 is 20.3 Å². The molecule has 0 heterocycles. The fourth-order valence-electron chi connectivity index (χ4n) is 0.411. The monoisotopic (exact) mass is 178 g/mol. The first-order chi connectivity index (χ1) is 4.68. The van der Waals surface area contributed by atoms with Gasteiger partial charge in [-0.25, -0.2) is 0 Å². The Bertz CT molecular complexity index is 112. The van der Waals surface area contributed by atoms with Gasteiger partial charge in [-0.1, -0.05) is 0 Å². The first-order valence-corrected chi connectivity index (χ1v) is 6.67. The van der Waals surface area contributed by atoms with Crippen LogP contribution in [0.15, 0.2) is 11.1 Å². The summed E-state index contributed by atoms with van der Waals surface area (Å²) in [5, 5.41) is 2.00. The van der Waals surface area contributed by atoms with E-state index in [9.17, 15) is 0 Å². The summed E-state index contributed by atoms with van der Waals surface area (Å²) in [6.45, 7) is 2.00. The average molecular weight is 178 g/mol. The predicted molar refractivity (Wildman–Crippen MR) is 48.3 cm³/mol. The van der Waals surface area contributed by atoms with Gasteiger partial charge in [-0.2, -0.15) is 0 Å². The highest BCUT2D eigenvalue weighted by atomic mass is 32.2. The van der Waals surface area contributed by atoms with Crippen molar-refractivity contribution in [2.75, 3.05) is 20.5 Å². The zero-order valence-corrected chi connectivity index (χ0v) is 8.70. The average Bonchev–Trinajstić information content (AvgIpc) is 2.00. The van der Waals surface area contributed by atoms with Gasteiger partial charge in [0, 0.05) is 14.2 Å². The number of hydrogen-bond donors (Lipinski definition) is 0. The standard InChI is InChI=1S/C6H14O2SSi/c1-7-10(4,8-2)6-5-9-3/h5-6H,1-4H3/b6-5+. The van der Waals surface area contributed by atoms with E-state index in [-0.39, 0.29) is 0 Å². The summed E-state index contributed by atoms with van der Waals surface area (Å²) in [7, 11) is 1.44. The largest absolute Gasteiger partial charge is 0.395 e. The SMILES string of the molecule is CO[Si](C)(/C=C/SC)OC. The van der Waals surface area contributed by atoms with E-state index >= 15 is 0 Å². The summed E-state index contributed by atoms with van der Waals surface area (Å²) in [4.78, 5) is 0. The second-order valence-corrected chi connectivity index (χ2v) is 5.89. The van der Waals surface area contributed by atoms with E-state index < -0.39 is 8.56 Å². The van der Waals surface area contributed by atoms with Crippen LogP contribution in [-0.4, -0.2) is 29.0 Å². The third kappa shape index (κ3) is 3.41. The number of hydrogen-bond acceptors (Lipinski definition) is 3. The maximum Gasteiger partial charge on any atom is 0.361 e. The molecule has 0 rings (SSSR count). The minimum Gasteiger partial charge on any atom is -0.395 e. The molecular formula is C6H14O2SSi. The zero-order chi connectivity index (χ0) is 8.04. The van der Waals surface area contributed by atoms with Crippen molar-refractivity contribution in [3.63, 3.8) is 0 Å². The Hall–Kier alpha value is 0.227. The molecule has 0 unspecified atom stereocenters. The van der Waals surface area contributed by atoms with Crippen molar-refractivity contribution in [3.8, 4) is 0 Å². The molecule has 0 bridgehead atoms. The van der Waals surface area contributed by atoms with Crippen molar-refractivity contribution < 1.29 is 8.85 Å². The molecule has 0 amide bonds. The van der Waals surface area contributed by atoms with E-state index in [1.807, 2.05) is 23.9 Å². The van der Waals surface area contributed by atoms with Crippen molar-refractivity contribution in [1.29, 1.82) is 0 Å². The molecule has 60 valence electrons. The van der Waals surface area contributed by atoms with Gasteiger partial charge in [-0.15, -0.1) is 11.8 Å². The lowest BCUT2D eigenvalue weighted by molar-refractivity contribution is 0.264. The molecule has 0 radical (unpaired) electrons. The summed E-state index contributed by atoms with van der Waals surface area (Å²) in [6, 6.07) is 0. The number of thioether (sulfide) groups is 1. The van der Waals surface area contributed by atoms with Gasteiger partial charge in [-0.05, 0) is 23.9 Å². The molecule has 0 aliphatic heterocycles. The van der Waals surface area contributed by atoms with Crippen LogP contribution in [0.5, 0.6) is 0 Å². The molecule has 10 heavy (non-hydrogen) atoms. The molecule has 0 aromatic rings. The summed E-state index contributed by atoms with van der Waals surface area (Å²) in [5.41, 5.74) is 2.01. The van der Waals surface area contributed by atoms with Crippen molar-refractivity contribution in [2.45, 2.75) is 6.55 Å². The van der Waals surface area contributed by atoms with E-state index in [0.29, 0.717) is 0 Å². The van der Waals surface area contributed by atoms with E-state index in [1.54, 1.807) is 26.0 Å². The lowest BCUT2D eigenvalue weighted by Crippen LogP contribution is -2.33. The fraction of sp³-hybridized carbons (Fsp3) is 0.667. The lowest BCUT2D eigenvalue weighted by Gasteiger charge is -2.17. The smallest absolute Gasteiger partial charge is 0.361 e. The minimum atomic E-state index is -1.92. The minimum absolute atomic E-state index is 1.65. The molecule has 0 aliphatic rings. The molecule has 0 saturated carbocycles. The molecule has 2 nitrogen and oxygen atoms in total. The molecule has 0 spiro atoms. The molecule has 4 heteroatoms. The van der Waals surface area contributed by atoms with Crippen molar-refractivity contribution in [2.24, 2.45) is 0 Å². The van der Waals surface area contributed by atoms with Gasteiger partial charge in [0.15, 0.2) is 0 Å². The molecule has 0 aromatic carbocycles. The first kappa shape index (κ1) is 10.2. The van der Waals surface area contributed by atoms with Crippen LogP contribution in [-0.2, 0) is 8.85 Å². The van der Waals surface area contributed by atoms with Crippen LogP contribution in [0.4, 0.5) is 0 Å². The summed E-state index contributed by atoms with van der Waals surface area (Å²) in [5.74, 6) is 0. The Morgan fingerprint density at radius 1 is 1.30 bits per heavy atom. The van der Waals surface area contributed by atoms with Crippen LogP contribution in [0.25, 0.3) is 0 Å². The summed E-state index contributed by atoms with van der Waals surface area (Å²) >= 11 is 1.65. The quantitative estimate of drug-likeness (QED) is 0.611. The fourth-order valence-corrected chi connectivity index (χ4v) is 2.38. The number of rotatable bonds is 4. The van der Waals surface area contributed by atoms with Crippen LogP contribution < -0.4 is 0 Å². The zero-order valence-electron chi connectivity index (χ0n) is 6.88. The molecule has 0 saturated heterocycles. The lowest BCUT2D eigenvalue weighted by atomic mass is 11.2. The van der Waals surface area contributed by atoms with Crippen LogP contribution >= 0.6 is 11.8 Å². The highest BCUT2D eigenvalue weighted by Crippen LogP contribution is 2.08. The molecule has 0 aliphatic carbocycles. The highest BCUT2D eigenvalue weighted by Gasteiger charge is 2.23. The van der Waals surface area contributed by atoms with E-state index in [0.717, 1.165) is 0 Å². The first-order valence-electron chi connectivity index (χ1n) is 2.99. The Morgan fingerprint density at radius 3 is 2.10 bits per heavy atom. The Labute approximate surface area is 67.9 Å². The second kappa shape index (κ2) is 4.95. The topological polar surface area (TPSA) is 18.5 Å². The van der Waals surface area contributed by atoms with Gasteiger partial charge in [0.1, 0.15) is 0 Å². The van der Waals surface area contributed by atoms with E-state index in [2.05, 4.69) is 0 Å². The maximum absolute atomic E-state index is 5.21. The summed E-state index contributed by atoms with van der Waals surface area (Å²) < 4.78 is 10.4. The van der Waals surface area contributed by atoms with Gasteiger partial charge in [0.25, 0.3) is 0 Å². The molecule has 0 fully saturated rings. The maximum atomic E-state index is 5.21. The van der Waals surface area contributed by atoms with E-state index in [1.165, 1.54) is 0 Å². The van der Waals surface area contributed by atoms with Gasteiger partial charge in [0.05, 0.1) is 0 Å². The third-order valence-electron chi connectivity index (χ3n) is 1.32. The van der Waals surface area contributed by atoms with Crippen LogP contribution in [0, 0.1) is 0 Å². The Kier molecular flexibility index (Phi) is 5.07. The highest BCUT2D eigenvalue weighted by molar-refractivity contribution is 8.01. The Balaban J connectivity index is 3.92. The van der Waals surface area contributed by atoms with Crippen LogP contribution in [0.3, 0.4) is 0 Å². The molecule has 0 N–H and O–H groups in total. The van der Waals surface area contributed by atoms with E-state index in [4.69, 9.17) is 8.85 Å². The molecule has 0 aromatic heterocycles. The normalized spacial score (nSPS) is 12.8. The molecule has 0 atom stereocenters. The van der Waals surface area contributed by atoms with Crippen LogP contribution in [0.2, 0.25) is 6.55 Å². The summed E-state index contributed by atoms with van der Waals surface area (Å²) in [6.07, 6.45) is 2.01. The van der Waals surface area contributed by atoms with Crippen molar-refractivity contribution in [3.05, 3.63) is 11.1 Å². The molecular weight excluding hydrogens is 164 g/mol.